The summed E-state index contributed by atoms with van der Waals surface area (Å²) in [6.07, 6.45) is 4.45. The molecule has 8 heteroatoms. The lowest BCUT2D eigenvalue weighted by molar-refractivity contribution is 0.0988. The van der Waals surface area contributed by atoms with E-state index in [1.54, 1.807) is 0 Å². The number of carbonyl (C=O) groups is 2. The Morgan fingerprint density at radius 3 is 2.50 bits per heavy atom. The summed E-state index contributed by atoms with van der Waals surface area (Å²) in [4.78, 5) is 28.4. The predicted octanol–water partition coefficient (Wildman–Crippen LogP) is 6.22. The summed E-state index contributed by atoms with van der Waals surface area (Å²) in [6.45, 7) is 7.04. The molecule has 6 nitrogen and oxygen atoms in total. The number of nitrogens with zero attached hydrogens (tertiary/aromatic N) is 3. The van der Waals surface area contributed by atoms with Gasteiger partial charge in [-0.15, -0.1) is 10.2 Å². The Morgan fingerprint density at radius 1 is 1.19 bits per heavy atom. The van der Waals surface area contributed by atoms with Crippen LogP contribution in [0.3, 0.4) is 0 Å². The Labute approximate surface area is 197 Å². The average molecular weight is 471 g/mol. The van der Waals surface area contributed by atoms with Crippen molar-refractivity contribution in [1.82, 2.24) is 19.7 Å². The van der Waals surface area contributed by atoms with Crippen LogP contribution in [0.4, 0.5) is 0 Å². The van der Waals surface area contributed by atoms with E-state index in [1.165, 1.54) is 18.7 Å². The van der Waals surface area contributed by atoms with Gasteiger partial charge in [-0.1, -0.05) is 48.3 Å². The molecule has 1 saturated carbocycles. The number of hydrogen-bond acceptors (Lipinski definition) is 5. The molecular weight excluding hydrogens is 444 g/mol. The highest BCUT2D eigenvalue weighted by atomic mass is 35.5. The molecule has 2 aromatic heterocycles. The van der Waals surface area contributed by atoms with E-state index < -0.39 is 5.25 Å². The predicted molar refractivity (Wildman–Crippen MR) is 128 cm³/mol. The van der Waals surface area contributed by atoms with Crippen LogP contribution in [0.2, 0.25) is 5.02 Å². The third kappa shape index (κ3) is 4.16. The Kier molecular flexibility index (Phi) is 6.58. The highest BCUT2D eigenvalue weighted by Crippen LogP contribution is 2.39. The van der Waals surface area contributed by atoms with Crippen molar-refractivity contribution in [3.05, 3.63) is 51.8 Å². The second kappa shape index (κ2) is 9.24. The number of nitrogens with one attached hydrogen (secondary N) is 1. The van der Waals surface area contributed by atoms with Crippen molar-refractivity contribution in [2.75, 3.05) is 0 Å². The van der Waals surface area contributed by atoms with E-state index in [-0.39, 0.29) is 11.6 Å². The number of aromatic nitrogens is 4. The van der Waals surface area contributed by atoms with E-state index >= 15 is 0 Å². The molecule has 1 atom stereocenters. The lowest BCUT2D eigenvalue weighted by Crippen LogP contribution is -2.17. The summed E-state index contributed by atoms with van der Waals surface area (Å²) < 4.78 is 2.16. The molecule has 0 amide bonds. The standard InChI is InChI=1S/C24H27ClN4O2S/c1-13-20(15(3)30)14(2)26-21(13)22(31)16(4)32-24-28-27-23(18-11-7-8-12-19(18)25)29(24)17-9-5-6-10-17/h7-8,11-12,16-17,26H,5-6,9-10H2,1-4H3. The highest BCUT2D eigenvalue weighted by Gasteiger charge is 2.29. The number of rotatable bonds is 7. The van der Waals surface area contributed by atoms with Crippen molar-refractivity contribution < 1.29 is 9.59 Å². The van der Waals surface area contributed by atoms with Crippen molar-refractivity contribution in [2.24, 2.45) is 0 Å². The van der Waals surface area contributed by atoms with E-state index in [1.807, 2.05) is 45.0 Å². The Morgan fingerprint density at radius 2 is 1.88 bits per heavy atom. The first-order valence-electron chi connectivity index (χ1n) is 10.9. The van der Waals surface area contributed by atoms with Gasteiger partial charge in [-0.25, -0.2) is 0 Å². The van der Waals surface area contributed by atoms with Gasteiger partial charge >= 0.3 is 0 Å². The maximum Gasteiger partial charge on any atom is 0.192 e. The van der Waals surface area contributed by atoms with Crippen LogP contribution in [0.5, 0.6) is 0 Å². The zero-order chi connectivity index (χ0) is 23.0. The number of Topliss-reactive ketones (excluding diaryl/α,β-unsaturated/α-hetero) is 2. The molecule has 3 aromatic rings. The first kappa shape index (κ1) is 22.8. The third-order valence-electron chi connectivity index (χ3n) is 6.16. The fourth-order valence-corrected chi connectivity index (χ4v) is 5.81. The van der Waals surface area contributed by atoms with Crippen LogP contribution >= 0.6 is 23.4 Å². The molecule has 1 aromatic carbocycles. The molecule has 2 heterocycles. The van der Waals surface area contributed by atoms with Crippen molar-refractivity contribution >= 4 is 34.9 Å². The molecule has 0 aliphatic heterocycles. The van der Waals surface area contributed by atoms with Crippen LogP contribution in [-0.2, 0) is 0 Å². The molecule has 168 valence electrons. The molecule has 4 rings (SSSR count). The fraction of sp³-hybridized carbons (Fsp3) is 0.417. The van der Waals surface area contributed by atoms with Gasteiger partial charge in [-0.05, 0) is 58.2 Å². The number of thioether (sulfide) groups is 1. The highest BCUT2D eigenvalue weighted by molar-refractivity contribution is 8.00. The second-order valence-corrected chi connectivity index (χ2v) is 10.1. The van der Waals surface area contributed by atoms with Gasteiger partial charge in [0.05, 0.1) is 16.0 Å². The van der Waals surface area contributed by atoms with E-state index in [0.29, 0.717) is 27.9 Å². The largest absolute Gasteiger partial charge is 0.355 e. The lowest BCUT2D eigenvalue weighted by atomic mass is 10.0. The molecule has 0 saturated heterocycles. The van der Waals surface area contributed by atoms with E-state index in [2.05, 4.69) is 19.7 Å². The van der Waals surface area contributed by atoms with Crippen molar-refractivity contribution in [3.63, 3.8) is 0 Å². The van der Waals surface area contributed by atoms with Crippen LogP contribution in [0, 0.1) is 13.8 Å². The van der Waals surface area contributed by atoms with Crippen LogP contribution < -0.4 is 0 Å². The summed E-state index contributed by atoms with van der Waals surface area (Å²) in [5.74, 6) is 0.653. The summed E-state index contributed by atoms with van der Waals surface area (Å²) in [6, 6.07) is 7.94. The molecule has 1 N–H and O–H groups in total. The zero-order valence-electron chi connectivity index (χ0n) is 18.7. The molecule has 0 bridgehead atoms. The number of hydrogen-bond donors (Lipinski definition) is 1. The minimum absolute atomic E-state index is 0.0408. The van der Waals surface area contributed by atoms with Gasteiger partial charge in [0, 0.05) is 22.9 Å². The molecule has 1 aliphatic carbocycles. The molecule has 1 unspecified atom stereocenters. The number of aromatic amines is 1. The maximum atomic E-state index is 13.3. The third-order valence-corrected chi connectivity index (χ3v) is 7.54. The number of halogens is 1. The zero-order valence-corrected chi connectivity index (χ0v) is 20.3. The molecule has 0 radical (unpaired) electrons. The molecule has 0 spiro atoms. The maximum absolute atomic E-state index is 13.3. The quantitative estimate of drug-likeness (QED) is 0.327. The summed E-state index contributed by atoms with van der Waals surface area (Å²) in [5, 5.41) is 9.91. The minimum Gasteiger partial charge on any atom is -0.355 e. The number of ketones is 2. The monoisotopic (exact) mass is 470 g/mol. The first-order chi connectivity index (χ1) is 15.3. The Balaban J connectivity index is 1.67. The van der Waals surface area contributed by atoms with Gasteiger partial charge in [-0.2, -0.15) is 0 Å². The first-order valence-corrected chi connectivity index (χ1v) is 12.2. The van der Waals surface area contributed by atoms with Crippen LogP contribution in [-0.4, -0.2) is 36.6 Å². The number of aryl methyl sites for hydroxylation is 1. The minimum atomic E-state index is -0.394. The van der Waals surface area contributed by atoms with Crippen LogP contribution in [0.15, 0.2) is 29.4 Å². The summed E-state index contributed by atoms with van der Waals surface area (Å²) in [7, 11) is 0. The number of carbonyl (C=O) groups excluding carboxylic acids is 2. The van der Waals surface area contributed by atoms with Gasteiger partial charge < -0.3 is 4.98 Å². The van der Waals surface area contributed by atoms with E-state index in [4.69, 9.17) is 11.6 Å². The SMILES string of the molecule is CC(=O)c1c(C)[nH]c(C(=O)C(C)Sc2nnc(-c3ccccc3Cl)n2C2CCCC2)c1C. The summed E-state index contributed by atoms with van der Waals surface area (Å²) in [5.41, 5.74) is 3.38. The van der Waals surface area contributed by atoms with Crippen LogP contribution in [0.25, 0.3) is 11.4 Å². The molecular formula is C24H27ClN4O2S. The normalized spacial score (nSPS) is 15.3. The fourth-order valence-electron chi connectivity index (χ4n) is 4.61. The molecule has 1 aliphatic rings. The Bertz CT molecular complexity index is 1180. The molecule has 32 heavy (non-hydrogen) atoms. The van der Waals surface area contributed by atoms with Gasteiger partial charge in [0.15, 0.2) is 22.5 Å². The molecule has 1 fully saturated rings. The van der Waals surface area contributed by atoms with Crippen molar-refractivity contribution in [2.45, 2.75) is 69.8 Å². The van der Waals surface area contributed by atoms with Crippen molar-refractivity contribution in [1.29, 1.82) is 0 Å². The van der Waals surface area contributed by atoms with E-state index in [0.717, 1.165) is 47.9 Å². The van der Waals surface area contributed by atoms with Gasteiger partial charge in [0.2, 0.25) is 0 Å². The van der Waals surface area contributed by atoms with Crippen molar-refractivity contribution in [3.8, 4) is 11.4 Å². The topological polar surface area (TPSA) is 80.6 Å². The second-order valence-electron chi connectivity index (χ2n) is 8.40. The Hall–Kier alpha value is -2.38. The van der Waals surface area contributed by atoms with Crippen LogP contribution in [0.1, 0.15) is 77.7 Å². The number of benzene rings is 1. The average Bonchev–Trinajstić information content (AvgIpc) is 3.47. The summed E-state index contributed by atoms with van der Waals surface area (Å²) >= 11 is 7.87. The smallest absolute Gasteiger partial charge is 0.192 e. The van der Waals surface area contributed by atoms with Gasteiger partial charge in [0.1, 0.15) is 0 Å². The lowest BCUT2D eigenvalue weighted by Gasteiger charge is -2.18. The van der Waals surface area contributed by atoms with E-state index in [9.17, 15) is 9.59 Å². The number of H-pyrrole nitrogens is 1. The van der Waals surface area contributed by atoms with Gasteiger partial charge in [0.25, 0.3) is 0 Å². The van der Waals surface area contributed by atoms with Gasteiger partial charge in [-0.3, -0.25) is 14.2 Å².